The van der Waals surface area contributed by atoms with Gasteiger partial charge >= 0.3 is 0 Å². The van der Waals surface area contributed by atoms with E-state index in [1.807, 2.05) is 56.4 Å². The number of rotatable bonds is 8. The van der Waals surface area contributed by atoms with E-state index in [4.69, 9.17) is 18.9 Å². The van der Waals surface area contributed by atoms with Crippen LogP contribution in [0.4, 0.5) is 0 Å². The molecule has 0 bridgehead atoms. The molecule has 1 N–H and O–H groups in total. The highest BCUT2D eigenvalue weighted by atomic mass is 32.2. The minimum absolute atomic E-state index is 0.0850. The number of hydrogen-bond donors (Lipinski definition) is 1. The van der Waals surface area contributed by atoms with Crippen molar-refractivity contribution in [2.45, 2.75) is 37.4 Å². The number of nitrogens with zero attached hydrogens (tertiary/aromatic N) is 2. The Morgan fingerprint density at radius 2 is 1.85 bits per heavy atom. The lowest BCUT2D eigenvalue weighted by Gasteiger charge is -2.37. The number of benzene rings is 3. The molecule has 9 nitrogen and oxygen atoms in total. The Hall–Kier alpha value is -3.31. The number of para-hydroxylation sites is 1. The lowest BCUT2D eigenvalue weighted by molar-refractivity contribution is 0.0734. The highest BCUT2D eigenvalue weighted by molar-refractivity contribution is 7.89. The second kappa shape index (κ2) is 11.7. The van der Waals surface area contributed by atoms with Gasteiger partial charge in [-0.25, -0.2) is 8.42 Å². The van der Waals surface area contributed by atoms with Crippen LogP contribution in [0.15, 0.2) is 65.6 Å². The molecule has 0 amide bonds. The zero-order valence-corrected chi connectivity index (χ0v) is 24.1. The van der Waals surface area contributed by atoms with Gasteiger partial charge in [0.15, 0.2) is 11.5 Å². The fraction of sp³-hybridized carbons (Fsp3) is 0.400. The van der Waals surface area contributed by atoms with Crippen LogP contribution in [-0.4, -0.2) is 75.5 Å². The smallest absolute Gasteiger partial charge is 0.247 e. The van der Waals surface area contributed by atoms with E-state index in [-0.39, 0.29) is 42.6 Å². The summed E-state index contributed by atoms with van der Waals surface area (Å²) in [5.41, 5.74) is 2.69. The summed E-state index contributed by atoms with van der Waals surface area (Å²) < 4.78 is 52.1. The fourth-order valence-electron chi connectivity index (χ4n) is 5.22. The van der Waals surface area contributed by atoms with Gasteiger partial charge in [0.1, 0.15) is 22.5 Å². The molecule has 0 saturated heterocycles. The number of likely N-dealkylation sites (N-methyl/N-ethyl adjacent to an activating group) is 1. The topological polar surface area (TPSA) is 97.8 Å². The Morgan fingerprint density at radius 1 is 1.07 bits per heavy atom. The molecule has 10 heteroatoms. The number of aliphatic hydroxyl groups is 1. The van der Waals surface area contributed by atoms with Gasteiger partial charge in [0.05, 0.1) is 13.7 Å². The molecular weight excluding hydrogens is 532 g/mol. The first-order valence-corrected chi connectivity index (χ1v) is 14.8. The SMILES string of the molecule is COc1ccccc1-c1ccc2c(c1)O[C@@H](CN(C)Cc1ccc3c(c1)OCO3)[C@H](C)CN([C@@H](C)CO)S2(=O)=O. The molecule has 3 aromatic rings. The zero-order chi connectivity index (χ0) is 28.4. The first kappa shape index (κ1) is 28.2. The molecule has 40 heavy (non-hydrogen) atoms. The summed E-state index contributed by atoms with van der Waals surface area (Å²) in [6, 6.07) is 18.0. The first-order valence-electron chi connectivity index (χ1n) is 13.3. The molecule has 0 saturated carbocycles. The quantitative estimate of drug-likeness (QED) is 0.436. The van der Waals surface area contributed by atoms with Gasteiger partial charge in [-0.15, -0.1) is 0 Å². The van der Waals surface area contributed by atoms with Crippen molar-refractivity contribution in [3.05, 3.63) is 66.2 Å². The van der Waals surface area contributed by atoms with Crippen molar-refractivity contribution >= 4 is 10.0 Å². The molecule has 214 valence electrons. The van der Waals surface area contributed by atoms with E-state index in [9.17, 15) is 13.5 Å². The van der Waals surface area contributed by atoms with Gasteiger partial charge < -0.3 is 24.1 Å². The molecule has 0 aromatic heterocycles. The predicted octanol–water partition coefficient (Wildman–Crippen LogP) is 3.99. The molecule has 2 aliphatic heterocycles. The van der Waals surface area contributed by atoms with Gasteiger partial charge in [0, 0.05) is 37.2 Å². The van der Waals surface area contributed by atoms with Crippen LogP contribution in [0.5, 0.6) is 23.0 Å². The standard InChI is InChI=1S/C30H36N2O7S/c1-20-15-32(21(2)18-33)40(34,35)30-12-10-23(24-7-5-6-8-25(24)36-4)14-28(30)39-29(20)17-31(3)16-22-9-11-26-27(13-22)38-19-37-26/h5-14,20-21,29,33H,15-19H2,1-4H3/t20-,21+,29+/m1/s1. The van der Waals surface area contributed by atoms with Crippen molar-refractivity contribution in [1.82, 2.24) is 9.21 Å². The minimum Gasteiger partial charge on any atom is -0.496 e. The Bertz CT molecular complexity index is 1460. The van der Waals surface area contributed by atoms with Crippen molar-refractivity contribution in [2.24, 2.45) is 5.92 Å². The van der Waals surface area contributed by atoms with E-state index in [0.717, 1.165) is 28.2 Å². The Labute approximate surface area is 235 Å². The van der Waals surface area contributed by atoms with E-state index in [1.165, 1.54) is 4.31 Å². The largest absolute Gasteiger partial charge is 0.496 e. The Kier molecular flexibility index (Phi) is 8.23. The van der Waals surface area contributed by atoms with E-state index >= 15 is 0 Å². The van der Waals surface area contributed by atoms with Gasteiger partial charge in [0.25, 0.3) is 0 Å². The lowest BCUT2D eigenvalue weighted by Crippen LogP contribution is -2.49. The Balaban J connectivity index is 1.49. The number of sulfonamides is 1. The molecule has 0 aliphatic carbocycles. The third-order valence-electron chi connectivity index (χ3n) is 7.47. The lowest BCUT2D eigenvalue weighted by atomic mass is 10.0. The van der Waals surface area contributed by atoms with Crippen molar-refractivity contribution in [1.29, 1.82) is 0 Å². The van der Waals surface area contributed by atoms with E-state index in [0.29, 0.717) is 18.8 Å². The van der Waals surface area contributed by atoms with Crippen LogP contribution >= 0.6 is 0 Å². The van der Waals surface area contributed by atoms with E-state index in [1.54, 1.807) is 32.2 Å². The first-order chi connectivity index (χ1) is 19.2. The third-order valence-corrected chi connectivity index (χ3v) is 9.49. The highest BCUT2D eigenvalue weighted by Gasteiger charge is 2.38. The molecule has 2 heterocycles. The maximum Gasteiger partial charge on any atom is 0.247 e. The second-order valence-electron chi connectivity index (χ2n) is 10.5. The summed E-state index contributed by atoms with van der Waals surface area (Å²) in [6.45, 7) is 5.07. The summed E-state index contributed by atoms with van der Waals surface area (Å²) in [6.07, 6.45) is -0.324. The minimum atomic E-state index is -3.93. The predicted molar refractivity (Wildman–Crippen MR) is 151 cm³/mol. The number of fused-ring (bicyclic) bond motifs is 2. The molecule has 0 fully saturated rings. The van der Waals surface area contributed by atoms with Gasteiger partial charge in [-0.1, -0.05) is 37.3 Å². The summed E-state index contributed by atoms with van der Waals surface area (Å²) in [4.78, 5) is 2.24. The molecule has 0 spiro atoms. The van der Waals surface area contributed by atoms with Crippen molar-refractivity contribution in [3.63, 3.8) is 0 Å². The van der Waals surface area contributed by atoms with Gasteiger partial charge in [0.2, 0.25) is 16.8 Å². The maximum absolute atomic E-state index is 13.8. The maximum atomic E-state index is 13.8. The van der Waals surface area contributed by atoms with E-state index < -0.39 is 16.1 Å². The summed E-state index contributed by atoms with van der Waals surface area (Å²) >= 11 is 0. The van der Waals surface area contributed by atoms with Crippen LogP contribution in [-0.2, 0) is 16.6 Å². The van der Waals surface area contributed by atoms with Crippen LogP contribution in [0, 0.1) is 5.92 Å². The molecule has 2 aliphatic rings. The number of aliphatic hydroxyl groups excluding tert-OH is 1. The average molecular weight is 569 g/mol. The van der Waals surface area contributed by atoms with Crippen LogP contribution < -0.4 is 18.9 Å². The second-order valence-corrected chi connectivity index (χ2v) is 12.3. The molecule has 5 rings (SSSR count). The summed E-state index contributed by atoms with van der Waals surface area (Å²) in [5, 5.41) is 9.93. The van der Waals surface area contributed by atoms with Gasteiger partial charge in [-0.3, -0.25) is 4.90 Å². The molecule has 0 radical (unpaired) electrons. The Morgan fingerprint density at radius 3 is 2.62 bits per heavy atom. The summed E-state index contributed by atoms with van der Waals surface area (Å²) in [5.74, 6) is 2.28. The molecular formula is C30H36N2O7S. The molecule has 3 atom stereocenters. The third kappa shape index (κ3) is 5.62. The van der Waals surface area contributed by atoms with Gasteiger partial charge in [-0.2, -0.15) is 4.31 Å². The van der Waals surface area contributed by atoms with Crippen LogP contribution in [0.2, 0.25) is 0 Å². The van der Waals surface area contributed by atoms with Gasteiger partial charge in [-0.05, 0) is 55.4 Å². The molecule has 3 aromatic carbocycles. The summed E-state index contributed by atoms with van der Waals surface area (Å²) in [7, 11) is -0.313. The van der Waals surface area contributed by atoms with Crippen molar-refractivity contribution in [3.8, 4) is 34.1 Å². The number of ether oxygens (including phenoxy) is 4. The monoisotopic (exact) mass is 568 g/mol. The number of methoxy groups -OCH3 is 1. The van der Waals surface area contributed by atoms with Crippen LogP contribution in [0.1, 0.15) is 19.4 Å². The normalized spacial score (nSPS) is 20.8. The zero-order valence-electron chi connectivity index (χ0n) is 23.2. The molecule has 0 unspecified atom stereocenters. The highest BCUT2D eigenvalue weighted by Crippen LogP contribution is 2.39. The fourth-order valence-corrected chi connectivity index (χ4v) is 7.04. The van der Waals surface area contributed by atoms with Crippen LogP contribution in [0.3, 0.4) is 0 Å². The van der Waals surface area contributed by atoms with Crippen molar-refractivity contribution < 1.29 is 32.5 Å². The van der Waals surface area contributed by atoms with Crippen LogP contribution in [0.25, 0.3) is 11.1 Å². The van der Waals surface area contributed by atoms with Crippen molar-refractivity contribution in [2.75, 3.05) is 40.6 Å². The van der Waals surface area contributed by atoms with E-state index in [2.05, 4.69) is 4.90 Å². The number of hydrogen-bond acceptors (Lipinski definition) is 8. The average Bonchev–Trinajstić information content (AvgIpc) is 3.42.